The van der Waals surface area contributed by atoms with Gasteiger partial charge in [0.2, 0.25) is 0 Å². The van der Waals surface area contributed by atoms with Crippen LogP contribution in [0.3, 0.4) is 0 Å². The highest BCUT2D eigenvalue weighted by Crippen LogP contribution is 2.42. The van der Waals surface area contributed by atoms with E-state index in [-0.39, 0.29) is 0 Å². The summed E-state index contributed by atoms with van der Waals surface area (Å²) in [6.45, 7) is 13.4. The highest BCUT2D eigenvalue weighted by Gasteiger charge is 2.24. The molecule has 2 N–H and O–H groups in total. The highest BCUT2D eigenvalue weighted by molar-refractivity contribution is 5.96. The van der Waals surface area contributed by atoms with E-state index in [0.29, 0.717) is 0 Å². The molecule has 2 aliphatic heterocycles. The molecule has 0 fully saturated rings. The molecule has 0 atom stereocenters. The number of aromatic nitrogens is 4. The number of allylic oxidation sites excluding steroid dienone is 4. The molecule has 0 amide bonds. The van der Waals surface area contributed by atoms with Gasteiger partial charge in [-0.25, -0.2) is 9.97 Å². The van der Waals surface area contributed by atoms with E-state index in [9.17, 15) is 0 Å². The number of hydrogen-bond acceptors (Lipinski definition) is 2. The van der Waals surface area contributed by atoms with Gasteiger partial charge in [0.15, 0.2) is 0 Å². The molecule has 8 bridgehead atoms. The predicted octanol–water partition coefficient (Wildman–Crippen LogP) is 8.88. The minimum atomic E-state index is 0.966. The SMILES string of the molecule is CCC1=C(C)c2cc3[nH]c(cc4[nH]c(cc5nc(cc1n2)C1=C5CCCC1)c(C)c4CC)c(CC)c3C. The average Bonchev–Trinajstić information content (AvgIpc) is 3.57. The lowest BCUT2D eigenvalue weighted by Crippen LogP contribution is -1.93. The van der Waals surface area contributed by atoms with E-state index in [4.69, 9.17) is 9.97 Å². The second kappa shape index (κ2) is 9.16. The first-order valence-electron chi connectivity index (χ1n) is 14.1. The van der Waals surface area contributed by atoms with Crippen LogP contribution in [0.2, 0.25) is 0 Å². The second-order valence-electron chi connectivity index (χ2n) is 10.8. The summed E-state index contributed by atoms with van der Waals surface area (Å²) in [7, 11) is 0. The Morgan fingerprint density at radius 2 is 1.11 bits per heavy atom. The standard InChI is InChI=1S/C33H38N4/c1-7-21-18(4)26-14-27-19(5)22(8-2)31(35-27)17-33-25-13-11-10-12-24(25)32(37-33)15-28-20(6)23(9-3)30(36-28)16-29(21)34-26/h14-17,34,36H,7-13H2,1-6H3. The zero-order chi connectivity index (χ0) is 25.8. The van der Waals surface area contributed by atoms with Crippen LogP contribution in [0.1, 0.15) is 105 Å². The maximum absolute atomic E-state index is 5.25. The highest BCUT2D eigenvalue weighted by atomic mass is 14.8. The van der Waals surface area contributed by atoms with E-state index in [2.05, 4.69) is 75.8 Å². The van der Waals surface area contributed by atoms with E-state index in [1.807, 2.05) is 0 Å². The van der Waals surface area contributed by atoms with E-state index >= 15 is 0 Å². The number of aromatic amines is 2. The van der Waals surface area contributed by atoms with Crippen molar-refractivity contribution in [3.63, 3.8) is 0 Å². The molecule has 6 rings (SSSR count). The second-order valence-corrected chi connectivity index (χ2v) is 10.8. The Balaban J connectivity index is 1.79. The Hall–Kier alpha value is -3.40. The van der Waals surface area contributed by atoms with Gasteiger partial charge in [-0.15, -0.1) is 0 Å². The van der Waals surface area contributed by atoms with Crippen LogP contribution in [0.5, 0.6) is 0 Å². The number of rotatable bonds is 3. The van der Waals surface area contributed by atoms with Crippen LogP contribution < -0.4 is 0 Å². The molecule has 0 saturated heterocycles. The number of H-pyrrole nitrogens is 2. The summed E-state index contributed by atoms with van der Waals surface area (Å²) >= 11 is 0. The number of fused-ring (bicyclic) bond motifs is 10. The fourth-order valence-corrected chi connectivity index (χ4v) is 6.66. The number of hydrogen-bond donors (Lipinski definition) is 2. The zero-order valence-electron chi connectivity index (χ0n) is 23.2. The predicted molar refractivity (Wildman–Crippen MR) is 157 cm³/mol. The molecule has 1 aliphatic carbocycles. The van der Waals surface area contributed by atoms with Crippen molar-refractivity contribution in [2.24, 2.45) is 0 Å². The lowest BCUT2D eigenvalue weighted by atomic mass is 9.90. The van der Waals surface area contributed by atoms with Crippen LogP contribution in [0, 0.1) is 13.8 Å². The fraction of sp³-hybridized carbons (Fsp3) is 0.394. The molecule has 3 aliphatic rings. The molecule has 5 heterocycles. The van der Waals surface area contributed by atoms with E-state index in [1.54, 1.807) is 0 Å². The van der Waals surface area contributed by atoms with Gasteiger partial charge in [0, 0.05) is 22.1 Å². The molecule has 0 aromatic carbocycles. The van der Waals surface area contributed by atoms with E-state index in [1.165, 1.54) is 73.9 Å². The third kappa shape index (κ3) is 3.80. The van der Waals surface area contributed by atoms with Crippen molar-refractivity contribution < 1.29 is 0 Å². The van der Waals surface area contributed by atoms with Crippen LogP contribution in [-0.4, -0.2) is 19.9 Å². The lowest BCUT2D eigenvalue weighted by Gasteiger charge is -2.13. The van der Waals surface area contributed by atoms with Crippen molar-refractivity contribution in [2.75, 3.05) is 0 Å². The van der Waals surface area contributed by atoms with Gasteiger partial charge in [-0.2, -0.15) is 0 Å². The smallest absolute Gasteiger partial charge is 0.0694 e. The van der Waals surface area contributed by atoms with Crippen molar-refractivity contribution in [1.82, 2.24) is 19.9 Å². The van der Waals surface area contributed by atoms with Crippen molar-refractivity contribution in [3.8, 4) is 0 Å². The largest absolute Gasteiger partial charge is 0.355 e. The third-order valence-electron chi connectivity index (χ3n) is 8.80. The molecular weight excluding hydrogens is 452 g/mol. The Bertz CT molecular complexity index is 1660. The van der Waals surface area contributed by atoms with Gasteiger partial charge in [0.25, 0.3) is 0 Å². The number of aryl methyl sites for hydroxylation is 4. The van der Waals surface area contributed by atoms with Crippen molar-refractivity contribution >= 4 is 44.4 Å². The number of nitrogens with zero attached hydrogens (tertiary/aromatic N) is 2. The molecule has 0 spiro atoms. The Morgan fingerprint density at radius 1 is 0.595 bits per heavy atom. The molecule has 0 radical (unpaired) electrons. The summed E-state index contributed by atoms with van der Waals surface area (Å²) in [5.74, 6) is 0. The maximum atomic E-state index is 5.25. The fourth-order valence-electron chi connectivity index (χ4n) is 6.66. The maximum Gasteiger partial charge on any atom is 0.0694 e. The van der Waals surface area contributed by atoms with Gasteiger partial charge in [-0.1, -0.05) is 20.8 Å². The topological polar surface area (TPSA) is 57.4 Å². The molecule has 37 heavy (non-hydrogen) atoms. The third-order valence-corrected chi connectivity index (χ3v) is 8.80. The summed E-state index contributed by atoms with van der Waals surface area (Å²) in [5, 5.41) is 0. The summed E-state index contributed by atoms with van der Waals surface area (Å²) in [6.07, 6.45) is 7.64. The summed E-state index contributed by atoms with van der Waals surface area (Å²) < 4.78 is 0. The molecule has 0 saturated carbocycles. The van der Waals surface area contributed by atoms with Crippen molar-refractivity contribution in [3.05, 3.63) is 69.3 Å². The first-order valence-corrected chi connectivity index (χ1v) is 14.1. The van der Waals surface area contributed by atoms with Crippen LogP contribution in [0.4, 0.5) is 0 Å². The Labute approximate surface area is 220 Å². The van der Waals surface area contributed by atoms with Gasteiger partial charge >= 0.3 is 0 Å². The summed E-state index contributed by atoms with van der Waals surface area (Å²) in [4.78, 5) is 18.0. The summed E-state index contributed by atoms with van der Waals surface area (Å²) in [5.41, 5.74) is 20.0. The van der Waals surface area contributed by atoms with Gasteiger partial charge in [-0.05, 0) is 135 Å². The van der Waals surface area contributed by atoms with Gasteiger partial charge < -0.3 is 9.97 Å². The molecule has 3 aromatic heterocycles. The van der Waals surface area contributed by atoms with Crippen LogP contribution in [0.25, 0.3) is 44.4 Å². The first-order chi connectivity index (χ1) is 17.9. The number of nitrogens with one attached hydrogen (secondary N) is 2. The zero-order valence-corrected chi connectivity index (χ0v) is 23.2. The van der Waals surface area contributed by atoms with E-state index in [0.717, 1.165) is 60.4 Å². The average molecular weight is 491 g/mol. The molecule has 0 unspecified atom stereocenters. The monoisotopic (exact) mass is 490 g/mol. The Morgan fingerprint density at radius 3 is 1.65 bits per heavy atom. The van der Waals surface area contributed by atoms with Crippen molar-refractivity contribution in [1.29, 1.82) is 0 Å². The van der Waals surface area contributed by atoms with E-state index < -0.39 is 0 Å². The van der Waals surface area contributed by atoms with Crippen molar-refractivity contribution in [2.45, 2.75) is 86.5 Å². The lowest BCUT2D eigenvalue weighted by molar-refractivity contribution is 0.756. The van der Waals surface area contributed by atoms with Gasteiger partial charge in [-0.3, -0.25) is 0 Å². The Kier molecular flexibility index (Phi) is 5.94. The normalized spacial score (nSPS) is 15.5. The molecule has 3 aromatic rings. The van der Waals surface area contributed by atoms with Crippen LogP contribution in [-0.2, 0) is 12.8 Å². The first kappa shape index (κ1) is 24.0. The van der Waals surface area contributed by atoms with Crippen LogP contribution >= 0.6 is 0 Å². The minimum Gasteiger partial charge on any atom is -0.355 e. The van der Waals surface area contributed by atoms with Crippen LogP contribution in [0.15, 0.2) is 24.3 Å². The van der Waals surface area contributed by atoms with Gasteiger partial charge in [0.05, 0.1) is 22.8 Å². The quantitative estimate of drug-likeness (QED) is 0.385. The van der Waals surface area contributed by atoms with Gasteiger partial charge in [0.1, 0.15) is 0 Å². The molecule has 4 nitrogen and oxygen atoms in total. The minimum absolute atomic E-state index is 0.966. The molecule has 190 valence electrons. The molecule has 4 heteroatoms. The molecular formula is C33H38N4. The summed E-state index contributed by atoms with van der Waals surface area (Å²) in [6, 6.07) is 9.14.